The number of carbonyl (C=O) groups is 1. The van der Waals surface area contributed by atoms with Crippen LogP contribution < -0.4 is 14.8 Å². The normalized spacial score (nSPS) is 13.0. The lowest BCUT2D eigenvalue weighted by Gasteiger charge is -2.20. The summed E-state index contributed by atoms with van der Waals surface area (Å²) in [5, 5.41) is 5.21. The van der Waals surface area contributed by atoms with E-state index in [9.17, 15) is 4.79 Å². The van der Waals surface area contributed by atoms with Gasteiger partial charge < -0.3 is 14.8 Å². The first kappa shape index (κ1) is 17.8. The van der Waals surface area contributed by atoms with E-state index in [-0.39, 0.29) is 11.9 Å². The van der Waals surface area contributed by atoms with Crippen LogP contribution in [-0.2, 0) is 4.79 Å². The van der Waals surface area contributed by atoms with Crippen molar-refractivity contribution in [2.24, 2.45) is 0 Å². The predicted octanol–water partition coefficient (Wildman–Crippen LogP) is 4.49. The number of fused-ring (bicyclic) bond motifs is 1. The summed E-state index contributed by atoms with van der Waals surface area (Å²) in [4.78, 5) is 12.5. The molecule has 0 heterocycles. The molecular formula is C22H23NO3. The Bertz CT molecular complexity index is 907. The monoisotopic (exact) mass is 349 g/mol. The highest BCUT2D eigenvalue weighted by Crippen LogP contribution is 2.25. The first-order chi connectivity index (χ1) is 12.6. The van der Waals surface area contributed by atoms with E-state index in [1.54, 1.807) is 14.0 Å². The van der Waals surface area contributed by atoms with E-state index in [4.69, 9.17) is 9.47 Å². The molecule has 0 aliphatic rings. The summed E-state index contributed by atoms with van der Waals surface area (Å²) in [6.45, 7) is 3.68. The van der Waals surface area contributed by atoms with Crippen molar-refractivity contribution in [3.05, 3.63) is 72.3 Å². The lowest BCUT2D eigenvalue weighted by Crippen LogP contribution is -2.37. The van der Waals surface area contributed by atoms with Gasteiger partial charge in [0.15, 0.2) is 6.10 Å². The van der Waals surface area contributed by atoms with Gasteiger partial charge in [0.1, 0.15) is 11.5 Å². The fourth-order valence-corrected chi connectivity index (χ4v) is 2.93. The molecule has 3 rings (SSSR count). The minimum absolute atomic E-state index is 0.170. The molecule has 4 heteroatoms. The fraction of sp³-hybridized carbons (Fsp3) is 0.227. The Labute approximate surface area is 153 Å². The summed E-state index contributed by atoms with van der Waals surface area (Å²) in [6.07, 6.45) is -0.603. The third-order valence-electron chi connectivity index (χ3n) is 4.37. The molecule has 0 fully saturated rings. The number of hydrogen-bond donors (Lipinski definition) is 1. The molecule has 3 aromatic carbocycles. The van der Waals surface area contributed by atoms with Crippen LogP contribution in [0.15, 0.2) is 66.7 Å². The molecule has 134 valence electrons. The van der Waals surface area contributed by atoms with Gasteiger partial charge in [-0.3, -0.25) is 4.79 Å². The van der Waals surface area contributed by atoms with Gasteiger partial charge in [0, 0.05) is 5.56 Å². The summed E-state index contributed by atoms with van der Waals surface area (Å²) in [7, 11) is 1.62. The Kier molecular flexibility index (Phi) is 5.42. The van der Waals surface area contributed by atoms with Gasteiger partial charge in [-0.2, -0.15) is 0 Å². The van der Waals surface area contributed by atoms with E-state index in [2.05, 4.69) is 5.32 Å². The zero-order valence-corrected chi connectivity index (χ0v) is 15.2. The van der Waals surface area contributed by atoms with E-state index >= 15 is 0 Å². The standard InChI is InChI=1S/C22H23NO3/c1-15(20-10-6-7-11-21(20)25-3)23-22(24)16(2)26-19-13-12-17-8-4-5-9-18(17)14-19/h4-16H,1-3H3,(H,23,24). The van der Waals surface area contributed by atoms with Crippen molar-refractivity contribution in [1.29, 1.82) is 0 Å². The molecule has 0 saturated carbocycles. The number of para-hydroxylation sites is 1. The Morgan fingerprint density at radius 1 is 0.923 bits per heavy atom. The van der Waals surface area contributed by atoms with Gasteiger partial charge in [0.05, 0.1) is 13.2 Å². The van der Waals surface area contributed by atoms with Gasteiger partial charge in [0.25, 0.3) is 5.91 Å². The zero-order chi connectivity index (χ0) is 18.5. The van der Waals surface area contributed by atoms with Crippen LogP contribution in [0.5, 0.6) is 11.5 Å². The zero-order valence-electron chi connectivity index (χ0n) is 15.2. The van der Waals surface area contributed by atoms with Gasteiger partial charge in [-0.25, -0.2) is 0 Å². The van der Waals surface area contributed by atoms with Crippen molar-refractivity contribution in [2.45, 2.75) is 26.0 Å². The van der Waals surface area contributed by atoms with Gasteiger partial charge in [-0.15, -0.1) is 0 Å². The van der Waals surface area contributed by atoms with Crippen LogP contribution in [0.2, 0.25) is 0 Å². The fourth-order valence-electron chi connectivity index (χ4n) is 2.93. The van der Waals surface area contributed by atoms with Crippen LogP contribution in [-0.4, -0.2) is 19.1 Å². The summed E-state index contributed by atoms with van der Waals surface area (Å²) in [5.41, 5.74) is 0.932. The molecule has 0 aromatic heterocycles. The second-order valence-corrected chi connectivity index (χ2v) is 6.24. The first-order valence-corrected chi connectivity index (χ1v) is 8.67. The maximum Gasteiger partial charge on any atom is 0.261 e. The molecular weight excluding hydrogens is 326 g/mol. The summed E-state index contributed by atoms with van der Waals surface area (Å²) < 4.78 is 11.2. The van der Waals surface area contributed by atoms with Gasteiger partial charge in [0.2, 0.25) is 0 Å². The molecule has 4 nitrogen and oxygen atoms in total. The van der Waals surface area contributed by atoms with Crippen molar-refractivity contribution in [3.8, 4) is 11.5 Å². The average Bonchev–Trinajstić information content (AvgIpc) is 2.67. The van der Waals surface area contributed by atoms with Crippen LogP contribution >= 0.6 is 0 Å². The van der Waals surface area contributed by atoms with Crippen LogP contribution in [0, 0.1) is 0 Å². The van der Waals surface area contributed by atoms with Crippen molar-refractivity contribution in [3.63, 3.8) is 0 Å². The minimum atomic E-state index is -0.603. The second-order valence-electron chi connectivity index (χ2n) is 6.24. The Morgan fingerprint density at radius 2 is 1.62 bits per heavy atom. The van der Waals surface area contributed by atoms with Crippen molar-refractivity contribution in [1.82, 2.24) is 5.32 Å². The highest BCUT2D eigenvalue weighted by molar-refractivity contribution is 5.84. The van der Waals surface area contributed by atoms with Crippen molar-refractivity contribution < 1.29 is 14.3 Å². The molecule has 0 spiro atoms. The van der Waals surface area contributed by atoms with Gasteiger partial charge >= 0.3 is 0 Å². The molecule has 1 N–H and O–H groups in total. The Balaban J connectivity index is 1.67. The quantitative estimate of drug-likeness (QED) is 0.713. The van der Waals surface area contributed by atoms with Crippen LogP contribution in [0.4, 0.5) is 0 Å². The number of carbonyl (C=O) groups excluding carboxylic acids is 1. The maximum atomic E-state index is 12.5. The Hall–Kier alpha value is -3.01. The van der Waals surface area contributed by atoms with Crippen LogP contribution in [0.1, 0.15) is 25.5 Å². The third-order valence-corrected chi connectivity index (χ3v) is 4.37. The van der Waals surface area contributed by atoms with E-state index in [0.717, 1.165) is 22.1 Å². The number of amides is 1. The second kappa shape index (κ2) is 7.91. The molecule has 2 atom stereocenters. The van der Waals surface area contributed by atoms with E-state index in [1.165, 1.54) is 0 Å². The van der Waals surface area contributed by atoms with Crippen LogP contribution in [0.25, 0.3) is 10.8 Å². The highest BCUT2D eigenvalue weighted by atomic mass is 16.5. The lowest BCUT2D eigenvalue weighted by atomic mass is 10.1. The summed E-state index contributed by atoms with van der Waals surface area (Å²) in [5.74, 6) is 1.26. The third kappa shape index (κ3) is 3.97. The lowest BCUT2D eigenvalue weighted by molar-refractivity contribution is -0.127. The van der Waals surface area contributed by atoms with E-state index in [0.29, 0.717) is 5.75 Å². The number of nitrogens with one attached hydrogen (secondary N) is 1. The molecule has 0 bridgehead atoms. The van der Waals surface area contributed by atoms with Crippen LogP contribution in [0.3, 0.4) is 0 Å². The number of ether oxygens (including phenoxy) is 2. The number of benzene rings is 3. The molecule has 2 unspecified atom stereocenters. The molecule has 3 aromatic rings. The number of rotatable bonds is 6. The maximum absolute atomic E-state index is 12.5. The molecule has 0 aliphatic carbocycles. The molecule has 26 heavy (non-hydrogen) atoms. The largest absolute Gasteiger partial charge is 0.496 e. The first-order valence-electron chi connectivity index (χ1n) is 8.67. The molecule has 0 saturated heterocycles. The average molecular weight is 349 g/mol. The summed E-state index contributed by atoms with van der Waals surface area (Å²) in [6, 6.07) is 21.4. The van der Waals surface area contributed by atoms with Crippen molar-refractivity contribution >= 4 is 16.7 Å². The van der Waals surface area contributed by atoms with Gasteiger partial charge in [-0.05, 0) is 42.8 Å². The Morgan fingerprint density at radius 3 is 2.38 bits per heavy atom. The van der Waals surface area contributed by atoms with E-state index < -0.39 is 6.10 Å². The van der Waals surface area contributed by atoms with Gasteiger partial charge in [-0.1, -0.05) is 48.5 Å². The molecule has 0 aliphatic heterocycles. The topological polar surface area (TPSA) is 47.6 Å². The summed E-state index contributed by atoms with van der Waals surface area (Å²) >= 11 is 0. The number of methoxy groups -OCH3 is 1. The molecule has 0 radical (unpaired) electrons. The van der Waals surface area contributed by atoms with E-state index in [1.807, 2.05) is 73.7 Å². The minimum Gasteiger partial charge on any atom is -0.496 e. The smallest absolute Gasteiger partial charge is 0.261 e. The molecule has 1 amide bonds. The highest BCUT2D eigenvalue weighted by Gasteiger charge is 2.19. The van der Waals surface area contributed by atoms with Crippen molar-refractivity contribution in [2.75, 3.05) is 7.11 Å². The number of hydrogen-bond acceptors (Lipinski definition) is 3. The predicted molar refractivity (Wildman–Crippen MR) is 104 cm³/mol. The SMILES string of the molecule is COc1ccccc1C(C)NC(=O)C(C)Oc1ccc2ccccc2c1.